The first-order valence-electron chi connectivity index (χ1n) is 7.65. The van der Waals surface area contributed by atoms with E-state index in [4.69, 9.17) is 8.83 Å². The van der Waals surface area contributed by atoms with E-state index in [1.807, 2.05) is 25.1 Å². The first-order chi connectivity index (χ1) is 12.2. The van der Waals surface area contributed by atoms with Gasteiger partial charge in [0, 0.05) is 23.5 Å². The number of hydrogen-bond acceptors (Lipinski definition) is 6. The molecule has 0 bridgehead atoms. The Hall–Kier alpha value is -3.54. The predicted octanol–water partition coefficient (Wildman–Crippen LogP) is 4.18. The SMILES string of the molecule is Cc1ccc(-c2ccc(C=O)o2)c(-c2nnc(-c3ccncc3)o2)c1. The Bertz CT molecular complexity index is 1040. The van der Waals surface area contributed by atoms with E-state index in [1.165, 1.54) is 0 Å². The normalized spacial score (nSPS) is 10.8. The molecule has 0 unspecified atom stereocenters. The van der Waals surface area contributed by atoms with Crippen molar-refractivity contribution in [2.45, 2.75) is 6.92 Å². The van der Waals surface area contributed by atoms with E-state index in [1.54, 1.807) is 36.7 Å². The van der Waals surface area contributed by atoms with Crippen LogP contribution in [0.5, 0.6) is 0 Å². The highest BCUT2D eigenvalue weighted by Crippen LogP contribution is 2.34. The summed E-state index contributed by atoms with van der Waals surface area (Å²) in [6, 6.07) is 12.8. The first-order valence-corrected chi connectivity index (χ1v) is 7.65. The lowest BCUT2D eigenvalue weighted by Crippen LogP contribution is -1.86. The Morgan fingerprint density at radius 1 is 0.880 bits per heavy atom. The summed E-state index contributed by atoms with van der Waals surface area (Å²) in [6.07, 6.45) is 4.01. The molecule has 4 rings (SSSR count). The van der Waals surface area contributed by atoms with Gasteiger partial charge in [0.25, 0.3) is 0 Å². The van der Waals surface area contributed by atoms with Crippen LogP contribution in [0, 0.1) is 6.92 Å². The average Bonchev–Trinajstić information content (AvgIpc) is 3.32. The van der Waals surface area contributed by atoms with Gasteiger partial charge in [0.1, 0.15) is 5.76 Å². The third-order valence-electron chi connectivity index (χ3n) is 3.77. The van der Waals surface area contributed by atoms with Crippen LogP contribution in [0.3, 0.4) is 0 Å². The summed E-state index contributed by atoms with van der Waals surface area (Å²) in [5, 5.41) is 8.29. The number of nitrogens with zero attached hydrogens (tertiary/aromatic N) is 3. The van der Waals surface area contributed by atoms with Gasteiger partial charge in [-0.2, -0.15) is 0 Å². The number of hydrogen-bond donors (Lipinski definition) is 0. The number of aromatic nitrogens is 3. The van der Waals surface area contributed by atoms with E-state index < -0.39 is 0 Å². The van der Waals surface area contributed by atoms with Crippen LogP contribution in [0.15, 0.2) is 63.7 Å². The van der Waals surface area contributed by atoms with Crippen molar-refractivity contribution in [3.8, 4) is 34.2 Å². The van der Waals surface area contributed by atoms with Crippen molar-refractivity contribution < 1.29 is 13.6 Å². The molecule has 0 fully saturated rings. The highest BCUT2D eigenvalue weighted by atomic mass is 16.4. The third-order valence-corrected chi connectivity index (χ3v) is 3.77. The van der Waals surface area contributed by atoms with Gasteiger partial charge in [-0.05, 0) is 37.3 Å². The minimum absolute atomic E-state index is 0.268. The van der Waals surface area contributed by atoms with Gasteiger partial charge in [0.2, 0.25) is 11.8 Å². The topological polar surface area (TPSA) is 82.0 Å². The van der Waals surface area contributed by atoms with Crippen molar-refractivity contribution in [3.05, 3.63) is 66.2 Å². The third kappa shape index (κ3) is 2.85. The van der Waals surface area contributed by atoms with Gasteiger partial charge in [0.05, 0.1) is 5.56 Å². The fraction of sp³-hybridized carbons (Fsp3) is 0.0526. The Balaban J connectivity index is 1.81. The molecule has 6 nitrogen and oxygen atoms in total. The van der Waals surface area contributed by atoms with Gasteiger partial charge < -0.3 is 8.83 Å². The van der Waals surface area contributed by atoms with Crippen molar-refractivity contribution in [3.63, 3.8) is 0 Å². The molecule has 6 heteroatoms. The Morgan fingerprint density at radius 2 is 1.68 bits per heavy atom. The maximum Gasteiger partial charge on any atom is 0.248 e. The largest absolute Gasteiger partial charge is 0.453 e. The number of aldehydes is 1. The van der Waals surface area contributed by atoms with E-state index in [0.29, 0.717) is 23.8 Å². The number of carbonyl (C=O) groups is 1. The Labute approximate surface area is 143 Å². The summed E-state index contributed by atoms with van der Waals surface area (Å²) >= 11 is 0. The van der Waals surface area contributed by atoms with Gasteiger partial charge in [-0.15, -0.1) is 10.2 Å². The maximum absolute atomic E-state index is 10.9. The fourth-order valence-electron chi connectivity index (χ4n) is 2.55. The molecular formula is C19H13N3O3. The highest BCUT2D eigenvalue weighted by molar-refractivity contribution is 5.80. The molecule has 0 radical (unpaired) electrons. The molecule has 3 aromatic heterocycles. The molecule has 0 N–H and O–H groups in total. The lowest BCUT2D eigenvalue weighted by atomic mass is 10.0. The fourth-order valence-corrected chi connectivity index (χ4v) is 2.55. The number of aryl methyl sites for hydroxylation is 1. The lowest BCUT2D eigenvalue weighted by molar-refractivity contribution is 0.110. The first kappa shape index (κ1) is 15.0. The molecule has 4 aromatic rings. The number of furan rings is 1. The molecule has 0 saturated carbocycles. The van der Waals surface area contributed by atoms with Crippen molar-refractivity contribution in [1.29, 1.82) is 0 Å². The number of pyridine rings is 1. The molecule has 0 atom stereocenters. The zero-order valence-electron chi connectivity index (χ0n) is 13.3. The molecule has 1 aromatic carbocycles. The van der Waals surface area contributed by atoms with Crippen LogP contribution in [0.2, 0.25) is 0 Å². The van der Waals surface area contributed by atoms with Crippen LogP contribution in [0.1, 0.15) is 16.1 Å². The zero-order valence-corrected chi connectivity index (χ0v) is 13.3. The van der Waals surface area contributed by atoms with Crippen LogP contribution in [0.4, 0.5) is 0 Å². The van der Waals surface area contributed by atoms with Crippen molar-refractivity contribution in [1.82, 2.24) is 15.2 Å². The van der Waals surface area contributed by atoms with Crippen LogP contribution in [-0.4, -0.2) is 21.5 Å². The number of benzene rings is 1. The summed E-state index contributed by atoms with van der Waals surface area (Å²) in [7, 11) is 0. The second kappa shape index (κ2) is 6.16. The van der Waals surface area contributed by atoms with Crippen LogP contribution in [0.25, 0.3) is 34.2 Å². The summed E-state index contributed by atoms with van der Waals surface area (Å²) in [5.41, 5.74) is 3.37. The smallest absolute Gasteiger partial charge is 0.248 e. The van der Waals surface area contributed by atoms with E-state index in [0.717, 1.165) is 22.3 Å². The van der Waals surface area contributed by atoms with E-state index in [-0.39, 0.29) is 5.76 Å². The van der Waals surface area contributed by atoms with Gasteiger partial charge in [0.15, 0.2) is 12.0 Å². The molecule has 0 aliphatic rings. The Morgan fingerprint density at radius 3 is 2.44 bits per heavy atom. The minimum atomic E-state index is 0.268. The van der Waals surface area contributed by atoms with Gasteiger partial charge in [-0.1, -0.05) is 17.7 Å². The van der Waals surface area contributed by atoms with Crippen LogP contribution in [-0.2, 0) is 0 Å². The number of rotatable bonds is 4. The van der Waals surface area contributed by atoms with Crippen molar-refractivity contribution in [2.75, 3.05) is 0 Å². The van der Waals surface area contributed by atoms with Crippen molar-refractivity contribution >= 4 is 6.29 Å². The quantitative estimate of drug-likeness (QED) is 0.522. The zero-order chi connectivity index (χ0) is 17.2. The van der Waals surface area contributed by atoms with Crippen LogP contribution >= 0.6 is 0 Å². The second-order valence-electron chi connectivity index (χ2n) is 5.52. The van der Waals surface area contributed by atoms with Crippen LogP contribution < -0.4 is 0 Å². The van der Waals surface area contributed by atoms with E-state index in [2.05, 4.69) is 15.2 Å². The molecule has 0 spiro atoms. The maximum atomic E-state index is 10.9. The van der Waals surface area contributed by atoms with E-state index >= 15 is 0 Å². The molecule has 0 aliphatic heterocycles. The number of carbonyl (C=O) groups excluding carboxylic acids is 1. The second-order valence-corrected chi connectivity index (χ2v) is 5.52. The van der Waals surface area contributed by atoms with Gasteiger partial charge in [-0.25, -0.2) is 0 Å². The summed E-state index contributed by atoms with van der Waals surface area (Å²) in [6.45, 7) is 1.98. The van der Waals surface area contributed by atoms with E-state index in [9.17, 15) is 4.79 Å². The van der Waals surface area contributed by atoms with Gasteiger partial charge in [-0.3, -0.25) is 9.78 Å². The standard InChI is InChI=1S/C19H13N3O3/c1-12-2-4-15(17-5-3-14(11-23)24-17)16(10-12)19-22-21-18(25-19)13-6-8-20-9-7-13/h2-11H,1H3. The molecular weight excluding hydrogens is 318 g/mol. The van der Waals surface area contributed by atoms with Crippen molar-refractivity contribution in [2.24, 2.45) is 0 Å². The summed E-state index contributed by atoms with van der Waals surface area (Å²) in [4.78, 5) is 14.9. The lowest BCUT2D eigenvalue weighted by Gasteiger charge is -2.05. The molecule has 0 saturated heterocycles. The molecule has 3 heterocycles. The summed E-state index contributed by atoms with van der Waals surface area (Å²) in [5.74, 6) is 1.64. The molecule has 0 amide bonds. The predicted molar refractivity (Wildman–Crippen MR) is 90.8 cm³/mol. The molecule has 25 heavy (non-hydrogen) atoms. The van der Waals surface area contributed by atoms with Gasteiger partial charge >= 0.3 is 0 Å². The molecule has 0 aliphatic carbocycles. The minimum Gasteiger partial charge on any atom is -0.453 e. The molecule has 122 valence electrons. The summed E-state index contributed by atoms with van der Waals surface area (Å²) < 4.78 is 11.4. The highest BCUT2D eigenvalue weighted by Gasteiger charge is 2.17. The monoisotopic (exact) mass is 331 g/mol. The Kier molecular flexibility index (Phi) is 3.70. The average molecular weight is 331 g/mol.